The van der Waals surface area contributed by atoms with E-state index < -0.39 is 0 Å². The van der Waals surface area contributed by atoms with Crippen molar-refractivity contribution in [3.8, 4) is 5.75 Å². The zero-order valence-corrected chi connectivity index (χ0v) is 12.3. The van der Waals surface area contributed by atoms with Gasteiger partial charge in [-0.15, -0.1) is 0 Å². The summed E-state index contributed by atoms with van der Waals surface area (Å²) in [6.45, 7) is 1.52. The molecule has 4 heteroatoms. The molecule has 2 rings (SSSR count). The van der Waals surface area contributed by atoms with Crippen LogP contribution in [0.4, 0.5) is 0 Å². The number of carbonyl (C=O) groups excluding carboxylic acids is 1. The van der Waals surface area contributed by atoms with Crippen LogP contribution in [0.5, 0.6) is 5.75 Å². The normalized spacial score (nSPS) is 10.2. The molecule has 0 bridgehead atoms. The molecule has 110 valence electrons. The summed E-state index contributed by atoms with van der Waals surface area (Å²) in [5, 5.41) is 3.36. The maximum absolute atomic E-state index is 11.3. The van der Waals surface area contributed by atoms with Gasteiger partial charge in [0.15, 0.2) is 0 Å². The Morgan fingerprint density at radius 1 is 0.905 bits per heavy atom. The first-order valence-corrected chi connectivity index (χ1v) is 6.74. The summed E-state index contributed by atoms with van der Waals surface area (Å²) in [4.78, 5) is 11.3. The van der Waals surface area contributed by atoms with Crippen molar-refractivity contribution in [2.45, 2.75) is 13.1 Å². The van der Waals surface area contributed by atoms with Gasteiger partial charge in [-0.2, -0.15) is 0 Å². The number of carbonyl (C=O) groups is 1. The fourth-order valence-electron chi connectivity index (χ4n) is 1.97. The Morgan fingerprint density at radius 3 is 1.90 bits per heavy atom. The van der Waals surface area contributed by atoms with Crippen LogP contribution in [-0.4, -0.2) is 20.2 Å². The number of nitrogens with one attached hydrogen (secondary N) is 1. The topological polar surface area (TPSA) is 47.6 Å². The van der Waals surface area contributed by atoms with Gasteiger partial charge in [0.25, 0.3) is 0 Å². The van der Waals surface area contributed by atoms with Gasteiger partial charge in [0.05, 0.1) is 19.8 Å². The molecule has 21 heavy (non-hydrogen) atoms. The molecule has 2 aromatic carbocycles. The van der Waals surface area contributed by atoms with Gasteiger partial charge in [-0.05, 0) is 35.4 Å². The number of ether oxygens (including phenoxy) is 2. The maximum atomic E-state index is 11.3. The third-order valence-corrected chi connectivity index (χ3v) is 3.19. The van der Waals surface area contributed by atoms with Crippen LogP contribution < -0.4 is 10.1 Å². The predicted molar refractivity (Wildman–Crippen MR) is 81.3 cm³/mol. The number of benzene rings is 2. The third-order valence-electron chi connectivity index (χ3n) is 3.19. The quantitative estimate of drug-likeness (QED) is 0.829. The fourth-order valence-corrected chi connectivity index (χ4v) is 1.97. The summed E-state index contributed by atoms with van der Waals surface area (Å²) < 4.78 is 9.79. The Balaban J connectivity index is 1.83. The minimum Gasteiger partial charge on any atom is -0.497 e. The maximum Gasteiger partial charge on any atom is 0.337 e. The zero-order valence-electron chi connectivity index (χ0n) is 12.3. The Labute approximate surface area is 124 Å². The monoisotopic (exact) mass is 285 g/mol. The zero-order chi connectivity index (χ0) is 15.1. The lowest BCUT2D eigenvalue weighted by molar-refractivity contribution is 0.0600. The summed E-state index contributed by atoms with van der Waals surface area (Å²) >= 11 is 0. The molecule has 0 atom stereocenters. The van der Waals surface area contributed by atoms with E-state index in [1.54, 1.807) is 19.2 Å². The molecule has 0 amide bonds. The molecule has 0 fully saturated rings. The standard InChI is InChI=1S/C17H19NO3/c1-20-16-9-5-14(6-10-16)12-18-11-13-3-7-15(8-4-13)17(19)21-2/h3-10,18H,11-12H2,1-2H3. The largest absolute Gasteiger partial charge is 0.497 e. The lowest BCUT2D eigenvalue weighted by Crippen LogP contribution is -2.12. The van der Waals surface area contributed by atoms with Crippen molar-refractivity contribution in [3.05, 3.63) is 65.2 Å². The third kappa shape index (κ3) is 4.33. The van der Waals surface area contributed by atoms with E-state index >= 15 is 0 Å². The SMILES string of the molecule is COC(=O)c1ccc(CNCc2ccc(OC)cc2)cc1. The number of hydrogen-bond acceptors (Lipinski definition) is 4. The molecule has 0 aromatic heterocycles. The van der Waals surface area contributed by atoms with Crippen LogP contribution in [0.2, 0.25) is 0 Å². The molecule has 0 heterocycles. The molecule has 2 aromatic rings. The molecule has 4 nitrogen and oxygen atoms in total. The van der Waals surface area contributed by atoms with Crippen molar-refractivity contribution in [1.82, 2.24) is 5.32 Å². The second-order valence-electron chi connectivity index (χ2n) is 4.64. The van der Waals surface area contributed by atoms with E-state index in [9.17, 15) is 4.79 Å². The summed E-state index contributed by atoms with van der Waals surface area (Å²) in [7, 11) is 3.04. The highest BCUT2D eigenvalue weighted by Crippen LogP contribution is 2.11. The van der Waals surface area contributed by atoms with E-state index in [-0.39, 0.29) is 5.97 Å². The van der Waals surface area contributed by atoms with E-state index in [1.807, 2.05) is 36.4 Å². The van der Waals surface area contributed by atoms with Crippen LogP contribution in [-0.2, 0) is 17.8 Å². The lowest BCUT2D eigenvalue weighted by atomic mass is 10.1. The summed E-state index contributed by atoms with van der Waals surface area (Å²) in [6.07, 6.45) is 0. The molecular weight excluding hydrogens is 266 g/mol. The van der Waals surface area contributed by atoms with Crippen molar-refractivity contribution in [2.75, 3.05) is 14.2 Å². The van der Waals surface area contributed by atoms with Crippen molar-refractivity contribution in [1.29, 1.82) is 0 Å². The Morgan fingerprint density at radius 2 is 1.43 bits per heavy atom. The van der Waals surface area contributed by atoms with Gasteiger partial charge in [-0.25, -0.2) is 4.79 Å². The first-order chi connectivity index (χ1) is 10.2. The average Bonchev–Trinajstić information content (AvgIpc) is 2.55. The van der Waals surface area contributed by atoms with Gasteiger partial charge in [0, 0.05) is 13.1 Å². The number of methoxy groups -OCH3 is 2. The van der Waals surface area contributed by atoms with E-state index in [0.717, 1.165) is 24.4 Å². The van der Waals surface area contributed by atoms with E-state index in [4.69, 9.17) is 4.74 Å². The molecule has 0 aliphatic heterocycles. The molecule has 0 saturated heterocycles. The van der Waals surface area contributed by atoms with Crippen LogP contribution in [0.25, 0.3) is 0 Å². The minimum absolute atomic E-state index is 0.312. The summed E-state index contributed by atoms with van der Waals surface area (Å²) in [6, 6.07) is 15.4. The molecule has 0 aliphatic rings. The highest BCUT2D eigenvalue weighted by molar-refractivity contribution is 5.89. The van der Waals surface area contributed by atoms with Gasteiger partial charge in [0.1, 0.15) is 5.75 Å². The second-order valence-corrected chi connectivity index (χ2v) is 4.64. The molecule has 0 aliphatic carbocycles. The highest BCUT2D eigenvalue weighted by Gasteiger charge is 2.04. The van der Waals surface area contributed by atoms with Crippen LogP contribution in [0, 0.1) is 0 Å². The molecule has 0 unspecified atom stereocenters. The van der Waals surface area contributed by atoms with Crippen molar-refractivity contribution in [3.63, 3.8) is 0 Å². The first-order valence-electron chi connectivity index (χ1n) is 6.74. The van der Waals surface area contributed by atoms with Crippen molar-refractivity contribution < 1.29 is 14.3 Å². The van der Waals surface area contributed by atoms with Crippen molar-refractivity contribution >= 4 is 5.97 Å². The lowest BCUT2D eigenvalue weighted by Gasteiger charge is -2.07. The van der Waals surface area contributed by atoms with Crippen LogP contribution in [0.15, 0.2) is 48.5 Å². The molecule has 0 radical (unpaired) electrons. The molecule has 1 N–H and O–H groups in total. The smallest absolute Gasteiger partial charge is 0.337 e. The van der Waals surface area contributed by atoms with E-state index in [0.29, 0.717) is 5.56 Å². The highest BCUT2D eigenvalue weighted by atomic mass is 16.5. The molecule has 0 saturated carbocycles. The molecule has 0 spiro atoms. The van der Waals surface area contributed by atoms with Crippen LogP contribution in [0.3, 0.4) is 0 Å². The Hall–Kier alpha value is -2.33. The Kier molecular flexibility index (Phi) is 5.35. The average molecular weight is 285 g/mol. The number of esters is 1. The fraction of sp³-hybridized carbons (Fsp3) is 0.235. The predicted octanol–water partition coefficient (Wildman–Crippen LogP) is 2.77. The second kappa shape index (κ2) is 7.45. The number of rotatable bonds is 6. The minimum atomic E-state index is -0.312. The van der Waals surface area contributed by atoms with Gasteiger partial charge >= 0.3 is 5.97 Å². The van der Waals surface area contributed by atoms with Crippen LogP contribution >= 0.6 is 0 Å². The Bertz CT molecular complexity index is 576. The molecular formula is C17H19NO3. The summed E-state index contributed by atoms with van der Waals surface area (Å²) in [5.74, 6) is 0.546. The van der Waals surface area contributed by atoms with Crippen LogP contribution in [0.1, 0.15) is 21.5 Å². The van der Waals surface area contributed by atoms with Gasteiger partial charge in [-0.3, -0.25) is 0 Å². The van der Waals surface area contributed by atoms with Gasteiger partial charge in [-0.1, -0.05) is 24.3 Å². The van der Waals surface area contributed by atoms with Crippen molar-refractivity contribution in [2.24, 2.45) is 0 Å². The summed E-state index contributed by atoms with van der Waals surface area (Å²) in [5.41, 5.74) is 2.88. The number of hydrogen-bond donors (Lipinski definition) is 1. The first kappa shape index (κ1) is 15.1. The van der Waals surface area contributed by atoms with E-state index in [2.05, 4.69) is 10.1 Å². The van der Waals surface area contributed by atoms with Gasteiger partial charge < -0.3 is 14.8 Å². The van der Waals surface area contributed by atoms with Gasteiger partial charge in [0.2, 0.25) is 0 Å². The van der Waals surface area contributed by atoms with E-state index in [1.165, 1.54) is 12.7 Å².